The van der Waals surface area contributed by atoms with Crippen molar-refractivity contribution in [3.8, 4) is 17.2 Å². The smallest absolute Gasteiger partial charge is 0.267 e. The summed E-state index contributed by atoms with van der Waals surface area (Å²) in [6, 6.07) is 12.4. The molecule has 0 bridgehead atoms. The van der Waals surface area contributed by atoms with Gasteiger partial charge in [0.2, 0.25) is 0 Å². The second-order valence-corrected chi connectivity index (χ2v) is 11.1. The molecule has 0 atom stereocenters. The van der Waals surface area contributed by atoms with Gasteiger partial charge in [-0.15, -0.1) is 11.3 Å². The van der Waals surface area contributed by atoms with Crippen LogP contribution in [0.4, 0.5) is 0 Å². The van der Waals surface area contributed by atoms with Crippen LogP contribution in [-0.2, 0) is 17.6 Å². The molecule has 1 aliphatic carbocycles. The molecule has 196 valence electrons. The Balaban J connectivity index is 1.38. The molecule has 8 nitrogen and oxygen atoms in total. The number of hydrogen-bond acceptors (Lipinski definition) is 8. The van der Waals surface area contributed by atoms with E-state index in [2.05, 4.69) is 10.5 Å². The molecule has 0 saturated heterocycles. The summed E-state index contributed by atoms with van der Waals surface area (Å²) in [5, 5.41) is 5.76. The summed E-state index contributed by atoms with van der Waals surface area (Å²) in [6.07, 6.45) is 5.57. The molecule has 0 saturated carbocycles. The van der Waals surface area contributed by atoms with Crippen molar-refractivity contribution in [2.45, 2.75) is 30.8 Å². The normalized spacial score (nSPS) is 13.0. The average Bonchev–Trinajstić information content (AvgIpc) is 3.31. The summed E-state index contributed by atoms with van der Waals surface area (Å²) in [7, 11) is 3.12. The van der Waals surface area contributed by atoms with Gasteiger partial charge in [0.15, 0.2) is 16.7 Å². The van der Waals surface area contributed by atoms with Crippen LogP contribution in [0.3, 0.4) is 0 Å². The van der Waals surface area contributed by atoms with Crippen LogP contribution in [0.2, 0.25) is 5.02 Å². The number of aromatic nitrogens is 2. The van der Waals surface area contributed by atoms with Gasteiger partial charge in [-0.25, -0.2) is 10.4 Å². The van der Waals surface area contributed by atoms with E-state index in [4.69, 9.17) is 26.1 Å². The highest BCUT2D eigenvalue weighted by Gasteiger charge is 2.23. The number of methoxy groups -OCH3 is 2. The van der Waals surface area contributed by atoms with Gasteiger partial charge in [-0.3, -0.25) is 14.2 Å². The van der Waals surface area contributed by atoms with E-state index >= 15 is 0 Å². The summed E-state index contributed by atoms with van der Waals surface area (Å²) < 4.78 is 12.1. The first-order valence-corrected chi connectivity index (χ1v) is 14.2. The number of rotatable bonds is 8. The summed E-state index contributed by atoms with van der Waals surface area (Å²) in [6.45, 7) is 0. The fraction of sp³-hybridized carbons (Fsp3) is 0.259. The monoisotopic (exact) mass is 568 g/mol. The summed E-state index contributed by atoms with van der Waals surface area (Å²) in [5.41, 5.74) is 4.92. The first kappa shape index (κ1) is 26.3. The van der Waals surface area contributed by atoms with E-state index in [9.17, 15) is 9.59 Å². The van der Waals surface area contributed by atoms with Gasteiger partial charge in [-0.05, 0) is 79.3 Å². The molecule has 1 aliphatic rings. The standard InChI is InChI=1S/C27H25ClN4O4S2/c1-35-20-12-7-16(13-21(20)36-2)14-29-31-23(33)15-37-27-30-25-24(19-5-3-4-6-22(19)38-25)26(34)32(27)18-10-8-17(28)9-11-18/h7-14H,3-6,15H2,1-2H3,(H,31,33). The van der Waals surface area contributed by atoms with Crippen molar-refractivity contribution in [2.75, 3.05) is 20.0 Å². The van der Waals surface area contributed by atoms with E-state index in [1.807, 2.05) is 0 Å². The van der Waals surface area contributed by atoms with Gasteiger partial charge >= 0.3 is 0 Å². The number of ether oxygens (including phenoxy) is 2. The molecule has 2 aromatic heterocycles. The SMILES string of the molecule is COc1ccc(C=NNC(=O)CSc2nc3sc4c(c3c(=O)n2-c2ccc(Cl)cc2)CCCC4)cc1OC. The topological polar surface area (TPSA) is 94.8 Å². The average molecular weight is 569 g/mol. The zero-order valence-electron chi connectivity index (χ0n) is 20.8. The number of nitrogens with zero attached hydrogens (tertiary/aromatic N) is 3. The zero-order valence-corrected chi connectivity index (χ0v) is 23.2. The lowest BCUT2D eigenvalue weighted by Gasteiger charge is -2.13. The third kappa shape index (κ3) is 5.43. The Bertz CT molecular complexity index is 1580. The third-order valence-corrected chi connectivity index (χ3v) is 8.56. The van der Waals surface area contributed by atoms with Gasteiger partial charge in [-0.2, -0.15) is 5.10 Å². The number of hydrazone groups is 1. The fourth-order valence-electron chi connectivity index (χ4n) is 4.38. The highest BCUT2D eigenvalue weighted by atomic mass is 35.5. The molecule has 2 heterocycles. The van der Waals surface area contributed by atoms with Crippen LogP contribution in [0.25, 0.3) is 15.9 Å². The zero-order chi connectivity index (χ0) is 26.6. The summed E-state index contributed by atoms with van der Waals surface area (Å²) in [5.74, 6) is 0.872. The van der Waals surface area contributed by atoms with Crippen LogP contribution < -0.4 is 20.5 Å². The van der Waals surface area contributed by atoms with E-state index in [0.717, 1.165) is 41.6 Å². The van der Waals surface area contributed by atoms with E-state index in [1.165, 1.54) is 22.9 Å². The molecule has 1 N–H and O–H groups in total. The first-order valence-electron chi connectivity index (χ1n) is 12.0. The van der Waals surface area contributed by atoms with Gasteiger partial charge < -0.3 is 9.47 Å². The number of thioether (sulfide) groups is 1. The minimum atomic E-state index is -0.325. The largest absolute Gasteiger partial charge is 0.493 e. The number of carbonyl (C=O) groups excluding carboxylic acids is 1. The minimum Gasteiger partial charge on any atom is -0.493 e. The van der Waals surface area contributed by atoms with E-state index < -0.39 is 0 Å². The Morgan fingerprint density at radius 1 is 1.16 bits per heavy atom. The van der Waals surface area contributed by atoms with Crippen LogP contribution in [0.5, 0.6) is 11.5 Å². The molecule has 0 spiro atoms. The molecule has 0 fully saturated rings. The Labute approximate surface area is 232 Å². The molecule has 2 aromatic carbocycles. The quantitative estimate of drug-likeness (QED) is 0.135. The van der Waals surface area contributed by atoms with Crippen molar-refractivity contribution in [3.63, 3.8) is 0 Å². The Morgan fingerprint density at radius 3 is 2.68 bits per heavy atom. The van der Waals surface area contributed by atoms with Gasteiger partial charge in [0.25, 0.3) is 11.5 Å². The van der Waals surface area contributed by atoms with Crippen LogP contribution in [0, 0.1) is 0 Å². The molecule has 5 rings (SSSR count). The third-order valence-electron chi connectivity index (χ3n) is 6.19. The molecule has 0 unspecified atom stereocenters. The predicted molar refractivity (Wildman–Crippen MR) is 153 cm³/mol. The van der Waals surface area contributed by atoms with Crippen molar-refractivity contribution in [1.29, 1.82) is 0 Å². The molecular weight excluding hydrogens is 544 g/mol. The molecule has 38 heavy (non-hydrogen) atoms. The van der Waals surface area contributed by atoms with E-state index in [1.54, 1.807) is 72.6 Å². The van der Waals surface area contributed by atoms with Gasteiger partial charge in [0.1, 0.15) is 4.83 Å². The molecule has 0 radical (unpaired) electrons. The van der Waals surface area contributed by atoms with Gasteiger partial charge in [0.05, 0.1) is 37.3 Å². The number of hydrogen-bond donors (Lipinski definition) is 1. The second kappa shape index (κ2) is 11.6. The lowest BCUT2D eigenvalue weighted by atomic mass is 9.97. The number of benzene rings is 2. The van der Waals surface area contributed by atoms with E-state index in [-0.39, 0.29) is 17.2 Å². The maximum Gasteiger partial charge on any atom is 0.267 e. The second-order valence-electron chi connectivity index (χ2n) is 8.60. The highest BCUT2D eigenvalue weighted by molar-refractivity contribution is 7.99. The maximum atomic E-state index is 13.8. The molecule has 11 heteroatoms. The maximum absolute atomic E-state index is 13.8. The number of amides is 1. The van der Waals surface area contributed by atoms with Gasteiger partial charge in [0, 0.05) is 9.90 Å². The Morgan fingerprint density at radius 2 is 1.92 bits per heavy atom. The van der Waals surface area contributed by atoms with Gasteiger partial charge in [-0.1, -0.05) is 23.4 Å². The number of nitrogens with one attached hydrogen (secondary N) is 1. The predicted octanol–water partition coefficient (Wildman–Crippen LogP) is 5.24. The number of fused-ring (bicyclic) bond motifs is 3. The summed E-state index contributed by atoms with van der Waals surface area (Å²) in [4.78, 5) is 33.2. The molecule has 0 aliphatic heterocycles. The number of halogens is 1. The molecule has 1 amide bonds. The fourth-order valence-corrected chi connectivity index (χ4v) is 6.61. The van der Waals surface area contributed by atoms with Crippen LogP contribution in [0.15, 0.2) is 57.5 Å². The molecule has 4 aromatic rings. The van der Waals surface area contributed by atoms with Crippen LogP contribution in [0.1, 0.15) is 28.8 Å². The van der Waals surface area contributed by atoms with Crippen molar-refractivity contribution in [2.24, 2.45) is 5.10 Å². The van der Waals surface area contributed by atoms with Crippen LogP contribution >= 0.6 is 34.7 Å². The first-order chi connectivity index (χ1) is 18.5. The number of aryl methyl sites for hydroxylation is 2. The summed E-state index contributed by atoms with van der Waals surface area (Å²) >= 11 is 8.87. The minimum absolute atomic E-state index is 0.0277. The van der Waals surface area contributed by atoms with Crippen LogP contribution in [-0.4, -0.2) is 41.6 Å². The lowest BCUT2D eigenvalue weighted by molar-refractivity contribution is -0.118. The number of thiophene rings is 1. The lowest BCUT2D eigenvalue weighted by Crippen LogP contribution is -2.24. The number of carbonyl (C=O) groups is 1. The Hall–Kier alpha value is -3.34. The van der Waals surface area contributed by atoms with Crippen molar-refractivity contribution < 1.29 is 14.3 Å². The molecular formula is C27H25ClN4O4S2. The van der Waals surface area contributed by atoms with Crippen molar-refractivity contribution in [3.05, 3.63) is 73.8 Å². The van der Waals surface area contributed by atoms with Crippen molar-refractivity contribution >= 4 is 57.0 Å². The Kier molecular flexibility index (Phi) is 8.01. The van der Waals surface area contributed by atoms with E-state index in [0.29, 0.717) is 32.8 Å². The highest BCUT2D eigenvalue weighted by Crippen LogP contribution is 2.35. The van der Waals surface area contributed by atoms with Crippen molar-refractivity contribution in [1.82, 2.24) is 15.0 Å².